The minimum absolute atomic E-state index is 0.0904. The molecule has 1 aliphatic heterocycles. The van der Waals surface area contributed by atoms with E-state index in [1.807, 2.05) is 13.0 Å². The third kappa shape index (κ3) is 3.52. The van der Waals surface area contributed by atoms with E-state index in [1.165, 1.54) is 12.0 Å². The largest absolute Gasteiger partial charge is 0.466 e. The number of hydrogen-bond acceptors (Lipinski definition) is 6. The maximum absolute atomic E-state index is 12.4. The molecule has 0 radical (unpaired) electrons. The van der Waals surface area contributed by atoms with Crippen molar-refractivity contribution < 1.29 is 24.5 Å². The number of esters is 1. The van der Waals surface area contributed by atoms with Gasteiger partial charge >= 0.3 is 5.97 Å². The quantitative estimate of drug-likeness (QED) is 0.646. The van der Waals surface area contributed by atoms with E-state index in [-0.39, 0.29) is 43.5 Å². The molecule has 7 nitrogen and oxygen atoms in total. The molecule has 0 fully saturated rings. The molecule has 1 aliphatic rings. The van der Waals surface area contributed by atoms with E-state index in [0.717, 1.165) is 5.56 Å². The van der Waals surface area contributed by atoms with Crippen molar-refractivity contribution in [1.29, 1.82) is 0 Å². The van der Waals surface area contributed by atoms with Gasteiger partial charge in [-0.25, -0.2) is 4.79 Å². The monoisotopic (exact) mass is 320 g/mol. The number of β-amino-alcohol motifs (C(OH)–C–C–N with tert-alkyl or cyclic N) is 1. The number of aliphatic hydroxyl groups is 2. The van der Waals surface area contributed by atoms with Gasteiger partial charge in [-0.3, -0.25) is 4.79 Å². The highest BCUT2D eigenvalue weighted by molar-refractivity contribution is 6.08. The topological polar surface area (TPSA) is 99.1 Å². The molecular weight excluding hydrogens is 300 g/mol. The molecule has 1 amide bonds. The normalized spacial score (nSPS) is 14.4. The van der Waals surface area contributed by atoms with Crippen molar-refractivity contribution in [2.45, 2.75) is 13.5 Å². The van der Waals surface area contributed by atoms with Crippen LogP contribution in [-0.4, -0.2) is 53.8 Å². The lowest BCUT2D eigenvalue weighted by Crippen LogP contribution is -2.31. The molecule has 0 saturated heterocycles. The highest BCUT2D eigenvalue weighted by Crippen LogP contribution is 2.25. The SMILES string of the molecule is COC(=O)C1=C(Nc2cc(CO)ccc2C)C(=O)N(CCO)C1. The van der Waals surface area contributed by atoms with Crippen molar-refractivity contribution >= 4 is 17.6 Å². The standard InChI is InChI=1S/C16H20N2O5/c1-10-3-4-11(9-20)7-13(10)17-14-12(16(22)23-2)8-18(5-6-19)15(14)21/h3-4,7,17,19-20H,5-6,8-9H2,1-2H3. The van der Waals surface area contributed by atoms with Gasteiger partial charge in [0, 0.05) is 12.2 Å². The number of methoxy groups -OCH3 is 1. The molecule has 2 rings (SSSR count). The smallest absolute Gasteiger partial charge is 0.337 e. The van der Waals surface area contributed by atoms with Crippen LogP contribution in [0.15, 0.2) is 29.5 Å². The van der Waals surface area contributed by atoms with Crippen molar-refractivity contribution in [3.8, 4) is 0 Å². The van der Waals surface area contributed by atoms with E-state index < -0.39 is 5.97 Å². The summed E-state index contributed by atoms with van der Waals surface area (Å²) in [6.07, 6.45) is 0. The van der Waals surface area contributed by atoms with E-state index in [4.69, 9.17) is 9.84 Å². The van der Waals surface area contributed by atoms with Crippen LogP contribution in [0.4, 0.5) is 5.69 Å². The molecule has 1 heterocycles. The first-order valence-electron chi connectivity index (χ1n) is 7.20. The van der Waals surface area contributed by atoms with Gasteiger partial charge in [0.15, 0.2) is 0 Å². The zero-order valence-corrected chi connectivity index (χ0v) is 13.1. The fourth-order valence-electron chi connectivity index (χ4n) is 2.39. The summed E-state index contributed by atoms with van der Waals surface area (Å²) < 4.78 is 4.73. The van der Waals surface area contributed by atoms with Gasteiger partial charge in [0.25, 0.3) is 5.91 Å². The summed E-state index contributed by atoms with van der Waals surface area (Å²) in [6.45, 7) is 1.77. The Labute approximate surface area is 134 Å². The summed E-state index contributed by atoms with van der Waals surface area (Å²) in [5, 5.41) is 21.3. The van der Waals surface area contributed by atoms with Gasteiger partial charge in [-0.15, -0.1) is 0 Å². The zero-order chi connectivity index (χ0) is 17.0. The Bertz CT molecular complexity index is 654. The number of hydrogen-bond donors (Lipinski definition) is 3. The molecule has 0 atom stereocenters. The van der Waals surface area contributed by atoms with Crippen LogP contribution >= 0.6 is 0 Å². The Hall–Kier alpha value is -2.38. The van der Waals surface area contributed by atoms with Crippen molar-refractivity contribution in [1.82, 2.24) is 4.90 Å². The van der Waals surface area contributed by atoms with Gasteiger partial charge in [0.05, 0.1) is 32.4 Å². The summed E-state index contributed by atoms with van der Waals surface area (Å²) in [4.78, 5) is 25.7. The molecule has 0 saturated carbocycles. The summed E-state index contributed by atoms with van der Waals surface area (Å²) in [7, 11) is 1.25. The second-order valence-corrected chi connectivity index (χ2v) is 5.23. The van der Waals surface area contributed by atoms with Crippen LogP contribution in [0.5, 0.6) is 0 Å². The lowest BCUT2D eigenvalue weighted by atomic mass is 10.1. The fourth-order valence-corrected chi connectivity index (χ4v) is 2.39. The van der Waals surface area contributed by atoms with Crippen LogP contribution in [0, 0.1) is 6.92 Å². The minimum atomic E-state index is -0.586. The first kappa shape index (κ1) is 17.0. The zero-order valence-electron chi connectivity index (χ0n) is 13.1. The van der Waals surface area contributed by atoms with E-state index in [1.54, 1.807) is 12.1 Å². The first-order chi connectivity index (χ1) is 11.0. The average molecular weight is 320 g/mol. The number of carbonyl (C=O) groups is 2. The van der Waals surface area contributed by atoms with E-state index in [0.29, 0.717) is 11.3 Å². The van der Waals surface area contributed by atoms with E-state index in [2.05, 4.69) is 5.32 Å². The predicted molar refractivity (Wildman–Crippen MR) is 83.4 cm³/mol. The molecule has 124 valence electrons. The van der Waals surface area contributed by atoms with Gasteiger partial charge in [-0.2, -0.15) is 0 Å². The summed E-state index contributed by atoms with van der Waals surface area (Å²) >= 11 is 0. The second-order valence-electron chi connectivity index (χ2n) is 5.23. The van der Waals surface area contributed by atoms with Gasteiger partial charge < -0.3 is 25.2 Å². The van der Waals surface area contributed by atoms with Crippen LogP contribution < -0.4 is 5.32 Å². The lowest BCUT2D eigenvalue weighted by Gasteiger charge is -2.16. The molecule has 1 aromatic rings. The highest BCUT2D eigenvalue weighted by atomic mass is 16.5. The maximum atomic E-state index is 12.4. The number of aliphatic hydroxyl groups excluding tert-OH is 2. The van der Waals surface area contributed by atoms with Crippen LogP contribution in [0.1, 0.15) is 11.1 Å². The van der Waals surface area contributed by atoms with Crippen molar-refractivity contribution in [2.75, 3.05) is 32.1 Å². The van der Waals surface area contributed by atoms with Gasteiger partial charge in [0.1, 0.15) is 5.70 Å². The number of nitrogens with zero attached hydrogens (tertiary/aromatic N) is 1. The number of benzene rings is 1. The molecule has 0 bridgehead atoms. The Balaban J connectivity index is 2.37. The predicted octanol–water partition coefficient (Wildman–Crippen LogP) is 0.161. The molecule has 0 spiro atoms. The summed E-state index contributed by atoms with van der Waals surface area (Å²) in [5.74, 6) is -0.953. The van der Waals surface area contributed by atoms with Crippen LogP contribution in [0.3, 0.4) is 0 Å². The Morgan fingerprint density at radius 3 is 2.74 bits per heavy atom. The number of nitrogens with one attached hydrogen (secondary N) is 1. The Morgan fingerprint density at radius 2 is 2.13 bits per heavy atom. The van der Waals surface area contributed by atoms with Gasteiger partial charge in [-0.05, 0) is 24.1 Å². The molecule has 1 aromatic carbocycles. The lowest BCUT2D eigenvalue weighted by molar-refractivity contribution is -0.136. The number of amides is 1. The third-order valence-corrected chi connectivity index (χ3v) is 3.70. The van der Waals surface area contributed by atoms with Crippen LogP contribution in [0.2, 0.25) is 0 Å². The van der Waals surface area contributed by atoms with Crippen molar-refractivity contribution in [3.63, 3.8) is 0 Å². The number of anilines is 1. The molecule has 0 aliphatic carbocycles. The van der Waals surface area contributed by atoms with Gasteiger partial charge in [-0.1, -0.05) is 12.1 Å². The average Bonchev–Trinajstić information content (AvgIpc) is 2.86. The Morgan fingerprint density at radius 1 is 1.39 bits per heavy atom. The third-order valence-electron chi connectivity index (χ3n) is 3.70. The molecule has 0 unspecified atom stereocenters. The number of rotatable bonds is 6. The highest BCUT2D eigenvalue weighted by Gasteiger charge is 2.34. The van der Waals surface area contributed by atoms with Crippen molar-refractivity contribution in [3.05, 3.63) is 40.6 Å². The minimum Gasteiger partial charge on any atom is -0.466 e. The first-order valence-corrected chi connectivity index (χ1v) is 7.20. The van der Waals surface area contributed by atoms with Gasteiger partial charge in [0.2, 0.25) is 0 Å². The molecule has 23 heavy (non-hydrogen) atoms. The summed E-state index contributed by atoms with van der Waals surface area (Å²) in [5.41, 5.74) is 2.55. The second kappa shape index (κ2) is 7.26. The number of aryl methyl sites for hydroxylation is 1. The summed E-state index contributed by atoms with van der Waals surface area (Å²) in [6, 6.07) is 5.32. The number of carbonyl (C=O) groups excluding carboxylic acids is 2. The molecular formula is C16H20N2O5. The maximum Gasteiger partial charge on any atom is 0.337 e. The molecule has 3 N–H and O–H groups in total. The van der Waals surface area contributed by atoms with Crippen LogP contribution in [0.25, 0.3) is 0 Å². The van der Waals surface area contributed by atoms with Crippen molar-refractivity contribution in [2.24, 2.45) is 0 Å². The molecule has 0 aromatic heterocycles. The fraction of sp³-hybridized carbons (Fsp3) is 0.375. The Kier molecular flexibility index (Phi) is 5.36. The van der Waals surface area contributed by atoms with E-state index >= 15 is 0 Å². The van der Waals surface area contributed by atoms with Crippen LogP contribution in [-0.2, 0) is 20.9 Å². The molecule has 7 heteroatoms. The van der Waals surface area contributed by atoms with E-state index in [9.17, 15) is 14.7 Å². The number of ether oxygens (including phenoxy) is 1.